The molecule has 0 atom stereocenters. The Morgan fingerprint density at radius 2 is 1.81 bits per heavy atom. The van der Waals surface area contributed by atoms with Crippen molar-refractivity contribution in [3.63, 3.8) is 0 Å². The zero-order chi connectivity index (χ0) is 18.7. The summed E-state index contributed by atoms with van der Waals surface area (Å²) in [6.07, 6.45) is 1.91. The van der Waals surface area contributed by atoms with Gasteiger partial charge >= 0.3 is 0 Å². The fourth-order valence-electron chi connectivity index (χ4n) is 2.67. The van der Waals surface area contributed by atoms with E-state index in [2.05, 4.69) is 10.3 Å². The van der Waals surface area contributed by atoms with Crippen LogP contribution in [-0.4, -0.2) is 31.4 Å². The summed E-state index contributed by atoms with van der Waals surface area (Å²) in [5.74, 6) is -0.312. The number of nitrogens with one attached hydrogen (secondary N) is 1. The molecule has 1 heterocycles. The maximum Gasteiger partial charge on any atom is 0.211 e. The standard InChI is InChI=1S/C19H15FN2O4/c1-25-17-8-14-12(5-6-21-16(14)9-18(17)26-2)19(24)13-4-3-11(22-10-23)7-15(13)20/h3-10H,1-2H3,(H,22,23). The number of anilines is 1. The Morgan fingerprint density at radius 1 is 1.08 bits per heavy atom. The second kappa shape index (κ2) is 7.18. The molecule has 7 heteroatoms. The third-order valence-corrected chi connectivity index (χ3v) is 3.93. The van der Waals surface area contributed by atoms with Crippen LogP contribution in [-0.2, 0) is 4.79 Å². The highest BCUT2D eigenvalue weighted by Gasteiger charge is 2.19. The lowest BCUT2D eigenvalue weighted by molar-refractivity contribution is -0.105. The van der Waals surface area contributed by atoms with Crippen LogP contribution in [0.2, 0.25) is 0 Å². The highest BCUT2D eigenvalue weighted by Crippen LogP contribution is 2.33. The molecule has 3 aromatic rings. The molecule has 2 aromatic carbocycles. The lowest BCUT2D eigenvalue weighted by atomic mass is 9.99. The molecule has 0 saturated carbocycles. The van der Waals surface area contributed by atoms with Gasteiger partial charge in [0, 0.05) is 28.9 Å². The van der Waals surface area contributed by atoms with Crippen LogP contribution in [0.25, 0.3) is 10.9 Å². The fraction of sp³-hybridized carbons (Fsp3) is 0.105. The van der Waals surface area contributed by atoms with Crippen LogP contribution < -0.4 is 14.8 Å². The summed E-state index contributed by atoms with van der Waals surface area (Å²) in [5.41, 5.74) is 0.961. The van der Waals surface area contributed by atoms with Crippen molar-refractivity contribution in [3.8, 4) is 11.5 Å². The van der Waals surface area contributed by atoms with Gasteiger partial charge in [-0.2, -0.15) is 0 Å². The number of ether oxygens (including phenoxy) is 2. The molecule has 26 heavy (non-hydrogen) atoms. The lowest BCUT2D eigenvalue weighted by Gasteiger charge is -2.11. The summed E-state index contributed by atoms with van der Waals surface area (Å²) >= 11 is 0. The van der Waals surface area contributed by atoms with Gasteiger partial charge in [-0.05, 0) is 30.3 Å². The normalized spacial score (nSPS) is 10.4. The molecule has 0 unspecified atom stereocenters. The molecular weight excluding hydrogens is 339 g/mol. The Morgan fingerprint density at radius 3 is 2.46 bits per heavy atom. The Bertz CT molecular complexity index is 1000. The maximum atomic E-state index is 14.3. The molecule has 0 aliphatic heterocycles. The summed E-state index contributed by atoms with van der Waals surface area (Å²) in [7, 11) is 2.99. The number of hydrogen-bond acceptors (Lipinski definition) is 5. The molecule has 1 aromatic heterocycles. The van der Waals surface area contributed by atoms with E-state index in [0.29, 0.717) is 28.8 Å². The Kier molecular flexibility index (Phi) is 4.79. The summed E-state index contributed by atoms with van der Waals surface area (Å²) in [5, 5.41) is 2.86. The number of fused-ring (bicyclic) bond motifs is 1. The highest BCUT2D eigenvalue weighted by atomic mass is 19.1. The molecule has 3 rings (SSSR count). The molecule has 0 radical (unpaired) electrons. The molecule has 0 spiro atoms. The van der Waals surface area contributed by atoms with Gasteiger partial charge in [0.1, 0.15) is 5.82 Å². The second-order valence-corrected chi connectivity index (χ2v) is 5.37. The van der Waals surface area contributed by atoms with E-state index in [1.54, 1.807) is 12.1 Å². The van der Waals surface area contributed by atoms with Crippen LogP contribution in [0.3, 0.4) is 0 Å². The first kappa shape index (κ1) is 17.3. The van der Waals surface area contributed by atoms with Crippen molar-refractivity contribution in [1.82, 2.24) is 4.98 Å². The number of aromatic nitrogens is 1. The minimum absolute atomic E-state index is 0.108. The third kappa shape index (κ3) is 3.06. The molecule has 1 amide bonds. The molecule has 1 N–H and O–H groups in total. The van der Waals surface area contributed by atoms with Gasteiger partial charge in [-0.1, -0.05) is 0 Å². The Balaban J connectivity index is 2.13. The minimum Gasteiger partial charge on any atom is -0.493 e. The van der Waals surface area contributed by atoms with E-state index >= 15 is 0 Å². The number of benzene rings is 2. The van der Waals surface area contributed by atoms with Gasteiger partial charge < -0.3 is 14.8 Å². The summed E-state index contributed by atoms with van der Waals surface area (Å²) in [6.45, 7) is 0. The number of hydrogen-bond donors (Lipinski definition) is 1. The number of methoxy groups -OCH3 is 2. The van der Waals surface area contributed by atoms with Crippen LogP contribution in [0.1, 0.15) is 15.9 Å². The van der Waals surface area contributed by atoms with E-state index in [1.807, 2.05) is 0 Å². The second-order valence-electron chi connectivity index (χ2n) is 5.37. The molecule has 6 nitrogen and oxygen atoms in total. The fourth-order valence-corrected chi connectivity index (χ4v) is 2.67. The first-order valence-corrected chi connectivity index (χ1v) is 7.64. The van der Waals surface area contributed by atoms with E-state index in [9.17, 15) is 14.0 Å². The van der Waals surface area contributed by atoms with Crippen molar-refractivity contribution < 1.29 is 23.5 Å². The van der Waals surface area contributed by atoms with Crippen molar-refractivity contribution in [1.29, 1.82) is 0 Å². The van der Waals surface area contributed by atoms with Crippen molar-refractivity contribution in [2.75, 3.05) is 19.5 Å². The first-order valence-electron chi connectivity index (χ1n) is 7.64. The maximum absolute atomic E-state index is 14.3. The Hall–Kier alpha value is -3.48. The predicted molar refractivity (Wildman–Crippen MR) is 94.4 cm³/mol. The number of carbonyl (C=O) groups is 2. The number of amides is 1. The number of halogens is 1. The molecular formula is C19H15FN2O4. The van der Waals surface area contributed by atoms with Gasteiger partial charge in [0.2, 0.25) is 6.41 Å². The van der Waals surface area contributed by atoms with E-state index in [1.165, 1.54) is 38.6 Å². The van der Waals surface area contributed by atoms with E-state index in [0.717, 1.165) is 6.07 Å². The zero-order valence-corrected chi connectivity index (χ0v) is 14.1. The average molecular weight is 354 g/mol. The topological polar surface area (TPSA) is 77.5 Å². The van der Waals surface area contributed by atoms with Crippen LogP contribution in [0.5, 0.6) is 11.5 Å². The largest absolute Gasteiger partial charge is 0.493 e. The summed E-state index contributed by atoms with van der Waals surface area (Å²) in [6, 6.07) is 8.68. The molecule has 0 aliphatic rings. The number of nitrogens with zero attached hydrogens (tertiary/aromatic N) is 1. The van der Waals surface area contributed by atoms with Crippen molar-refractivity contribution in [2.24, 2.45) is 0 Å². The van der Waals surface area contributed by atoms with E-state index in [4.69, 9.17) is 9.47 Å². The van der Waals surface area contributed by atoms with Gasteiger partial charge in [0.15, 0.2) is 17.3 Å². The number of rotatable bonds is 6. The van der Waals surface area contributed by atoms with Gasteiger partial charge in [-0.25, -0.2) is 4.39 Å². The summed E-state index contributed by atoms with van der Waals surface area (Å²) < 4.78 is 24.8. The van der Waals surface area contributed by atoms with Crippen molar-refractivity contribution in [2.45, 2.75) is 0 Å². The van der Waals surface area contributed by atoms with Gasteiger partial charge in [-0.3, -0.25) is 14.6 Å². The SMILES string of the molecule is COc1cc2nccc(C(=O)c3ccc(NC=O)cc3F)c2cc1OC. The monoisotopic (exact) mass is 354 g/mol. The molecule has 132 valence electrons. The third-order valence-electron chi connectivity index (χ3n) is 3.93. The van der Waals surface area contributed by atoms with Gasteiger partial charge in [0.05, 0.1) is 25.3 Å². The minimum atomic E-state index is -0.729. The smallest absolute Gasteiger partial charge is 0.211 e. The number of ketones is 1. The van der Waals surface area contributed by atoms with Crippen LogP contribution in [0.4, 0.5) is 10.1 Å². The molecule has 0 saturated heterocycles. The van der Waals surface area contributed by atoms with Gasteiger partial charge in [0.25, 0.3) is 0 Å². The van der Waals surface area contributed by atoms with Crippen molar-refractivity contribution >= 4 is 28.8 Å². The highest BCUT2D eigenvalue weighted by molar-refractivity contribution is 6.16. The van der Waals surface area contributed by atoms with E-state index in [-0.39, 0.29) is 16.8 Å². The summed E-state index contributed by atoms with van der Waals surface area (Å²) in [4.78, 5) is 27.6. The predicted octanol–water partition coefficient (Wildman–Crippen LogP) is 3.19. The van der Waals surface area contributed by atoms with Gasteiger partial charge in [-0.15, -0.1) is 0 Å². The quantitative estimate of drug-likeness (QED) is 0.543. The van der Waals surface area contributed by atoms with Crippen LogP contribution in [0, 0.1) is 5.82 Å². The van der Waals surface area contributed by atoms with Crippen LogP contribution >= 0.6 is 0 Å². The van der Waals surface area contributed by atoms with E-state index < -0.39 is 11.6 Å². The zero-order valence-electron chi connectivity index (χ0n) is 14.1. The molecule has 0 aliphatic carbocycles. The number of carbonyl (C=O) groups excluding carboxylic acids is 2. The van der Waals surface area contributed by atoms with Crippen LogP contribution in [0.15, 0.2) is 42.6 Å². The molecule has 0 bridgehead atoms. The Labute approximate surface area is 148 Å². The van der Waals surface area contributed by atoms with Crippen molar-refractivity contribution in [3.05, 3.63) is 59.5 Å². The molecule has 0 fully saturated rings. The average Bonchev–Trinajstić information content (AvgIpc) is 2.66. The first-order chi connectivity index (χ1) is 12.6. The lowest BCUT2D eigenvalue weighted by Crippen LogP contribution is -2.07. The number of pyridine rings is 1.